The maximum Gasteiger partial charge on any atom is 0.306 e. The molecule has 8 heteroatoms. The van der Waals surface area contributed by atoms with Gasteiger partial charge in [0.1, 0.15) is 0 Å². The SMILES string of the molecule is O=C(COC(=O)CCc1ccc2c(c1)OCO2)Nc1ccc(Br)cc1Cl. The highest BCUT2D eigenvalue weighted by Crippen LogP contribution is 2.32. The van der Waals surface area contributed by atoms with E-state index in [1.165, 1.54) is 0 Å². The van der Waals surface area contributed by atoms with Crippen LogP contribution in [0.4, 0.5) is 5.69 Å². The van der Waals surface area contributed by atoms with E-state index < -0.39 is 11.9 Å². The number of esters is 1. The van der Waals surface area contributed by atoms with E-state index in [0.717, 1.165) is 10.0 Å². The van der Waals surface area contributed by atoms with Gasteiger partial charge in [0.05, 0.1) is 10.7 Å². The van der Waals surface area contributed by atoms with Crippen molar-refractivity contribution in [2.75, 3.05) is 18.7 Å². The molecule has 1 aliphatic heterocycles. The van der Waals surface area contributed by atoms with Gasteiger partial charge in [-0.2, -0.15) is 0 Å². The van der Waals surface area contributed by atoms with Crippen LogP contribution in [0, 0.1) is 0 Å². The van der Waals surface area contributed by atoms with Crippen LogP contribution in [0.2, 0.25) is 5.02 Å². The molecule has 0 saturated heterocycles. The van der Waals surface area contributed by atoms with Gasteiger partial charge >= 0.3 is 5.97 Å². The van der Waals surface area contributed by atoms with Crippen molar-refractivity contribution in [1.29, 1.82) is 0 Å². The normalized spacial score (nSPS) is 11.9. The highest BCUT2D eigenvalue weighted by atomic mass is 79.9. The molecule has 2 aromatic rings. The molecule has 1 amide bonds. The van der Waals surface area contributed by atoms with Gasteiger partial charge in [-0.1, -0.05) is 33.6 Å². The summed E-state index contributed by atoms with van der Waals surface area (Å²) in [6, 6.07) is 10.6. The van der Waals surface area contributed by atoms with Gasteiger partial charge in [0, 0.05) is 10.9 Å². The van der Waals surface area contributed by atoms with Gasteiger partial charge in [-0.3, -0.25) is 9.59 Å². The Labute approximate surface area is 163 Å². The van der Waals surface area contributed by atoms with Crippen molar-refractivity contribution in [3.05, 3.63) is 51.5 Å². The Kier molecular flexibility index (Phi) is 6.00. The number of halogens is 2. The number of hydrogen-bond acceptors (Lipinski definition) is 5. The number of carbonyl (C=O) groups is 2. The molecule has 6 nitrogen and oxygen atoms in total. The van der Waals surface area contributed by atoms with E-state index in [9.17, 15) is 9.59 Å². The fourth-order valence-corrected chi connectivity index (χ4v) is 3.06. The van der Waals surface area contributed by atoms with Crippen LogP contribution in [0.5, 0.6) is 11.5 Å². The monoisotopic (exact) mass is 439 g/mol. The fraction of sp³-hybridized carbons (Fsp3) is 0.222. The molecule has 26 heavy (non-hydrogen) atoms. The highest BCUT2D eigenvalue weighted by Gasteiger charge is 2.14. The molecule has 0 fully saturated rings. The molecular formula is C18H15BrClNO5. The average Bonchev–Trinajstić information content (AvgIpc) is 3.08. The third kappa shape index (κ3) is 4.89. The molecule has 0 aliphatic carbocycles. The van der Waals surface area contributed by atoms with E-state index in [1.807, 2.05) is 12.1 Å². The predicted molar refractivity (Wildman–Crippen MR) is 99.6 cm³/mol. The first-order chi connectivity index (χ1) is 12.5. The minimum absolute atomic E-state index is 0.159. The summed E-state index contributed by atoms with van der Waals surface area (Å²) < 4.78 is 16.3. The zero-order valence-corrected chi connectivity index (χ0v) is 15.9. The van der Waals surface area contributed by atoms with Gasteiger partial charge in [-0.25, -0.2) is 0 Å². The molecule has 0 unspecified atom stereocenters. The summed E-state index contributed by atoms with van der Waals surface area (Å²) in [5.41, 5.74) is 1.38. The molecule has 136 valence electrons. The largest absolute Gasteiger partial charge is 0.456 e. The summed E-state index contributed by atoms with van der Waals surface area (Å²) in [4.78, 5) is 23.7. The third-order valence-corrected chi connectivity index (χ3v) is 4.43. The van der Waals surface area contributed by atoms with Crippen LogP contribution in [0.1, 0.15) is 12.0 Å². The summed E-state index contributed by atoms with van der Waals surface area (Å²) in [6.07, 6.45) is 0.640. The number of amides is 1. The summed E-state index contributed by atoms with van der Waals surface area (Å²) in [5, 5.41) is 2.99. The smallest absolute Gasteiger partial charge is 0.306 e. The zero-order chi connectivity index (χ0) is 18.5. The Morgan fingerprint density at radius 1 is 1.15 bits per heavy atom. The number of benzene rings is 2. The quantitative estimate of drug-likeness (QED) is 0.689. The van der Waals surface area contributed by atoms with E-state index in [4.69, 9.17) is 25.8 Å². The molecule has 1 heterocycles. The van der Waals surface area contributed by atoms with E-state index in [1.54, 1.807) is 24.3 Å². The van der Waals surface area contributed by atoms with E-state index in [-0.39, 0.29) is 19.8 Å². The van der Waals surface area contributed by atoms with Crippen molar-refractivity contribution in [2.45, 2.75) is 12.8 Å². The molecule has 0 atom stereocenters. The van der Waals surface area contributed by atoms with Crippen LogP contribution in [-0.2, 0) is 20.7 Å². The van der Waals surface area contributed by atoms with Crippen LogP contribution in [0.3, 0.4) is 0 Å². The molecule has 0 aromatic heterocycles. The third-order valence-electron chi connectivity index (χ3n) is 3.62. The fourth-order valence-electron chi connectivity index (χ4n) is 2.34. The number of nitrogens with one attached hydrogen (secondary N) is 1. The first-order valence-electron chi connectivity index (χ1n) is 7.80. The van der Waals surface area contributed by atoms with Crippen LogP contribution >= 0.6 is 27.5 Å². The predicted octanol–water partition coefficient (Wildman–Crippen LogP) is 3.95. The zero-order valence-electron chi connectivity index (χ0n) is 13.6. The maximum atomic E-state index is 11.9. The minimum atomic E-state index is -0.459. The molecule has 0 bridgehead atoms. The van der Waals surface area contributed by atoms with Crippen LogP contribution in [0.25, 0.3) is 0 Å². The van der Waals surface area contributed by atoms with Crippen molar-refractivity contribution in [1.82, 2.24) is 0 Å². The highest BCUT2D eigenvalue weighted by molar-refractivity contribution is 9.10. The lowest BCUT2D eigenvalue weighted by molar-refractivity contribution is -0.147. The Hall–Kier alpha value is -2.25. The number of hydrogen-bond donors (Lipinski definition) is 1. The number of carbonyl (C=O) groups excluding carboxylic acids is 2. The Balaban J connectivity index is 1.43. The van der Waals surface area contributed by atoms with Gasteiger partial charge in [0.2, 0.25) is 6.79 Å². The number of anilines is 1. The average molecular weight is 441 g/mol. The van der Waals surface area contributed by atoms with E-state index in [0.29, 0.717) is 28.6 Å². The van der Waals surface area contributed by atoms with Crippen molar-refractivity contribution in [3.8, 4) is 11.5 Å². The minimum Gasteiger partial charge on any atom is -0.456 e. The maximum absolute atomic E-state index is 11.9. The topological polar surface area (TPSA) is 73.9 Å². The second kappa shape index (κ2) is 8.42. The summed E-state index contributed by atoms with van der Waals surface area (Å²) in [7, 11) is 0. The van der Waals surface area contributed by atoms with Crippen LogP contribution in [0.15, 0.2) is 40.9 Å². The first kappa shape index (κ1) is 18.5. The Morgan fingerprint density at radius 3 is 2.77 bits per heavy atom. The standard InChI is InChI=1S/C18H15BrClNO5/c19-12-3-4-14(13(20)8-12)21-17(22)9-24-18(23)6-2-11-1-5-15-16(7-11)26-10-25-15/h1,3-5,7-8H,2,6,9-10H2,(H,21,22). The van der Waals surface area contributed by atoms with Crippen LogP contribution < -0.4 is 14.8 Å². The van der Waals surface area contributed by atoms with Crippen LogP contribution in [-0.4, -0.2) is 25.3 Å². The van der Waals surface area contributed by atoms with Gasteiger partial charge in [-0.05, 0) is 42.3 Å². The molecule has 0 radical (unpaired) electrons. The van der Waals surface area contributed by atoms with E-state index in [2.05, 4.69) is 21.2 Å². The van der Waals surface area contributed by atoms with Gasteiger partial charge in [0.15, 0.2) is 18.1 Å². The van der Waals surface area contributed by atoms with Gasteiger partial charge in [-0.15, -0.1) is 0 Å². The van der Waals surface area contributed by atoms with Crippen molar-refractivity contribution in [3.63, 3.8) is 0 Å². The summed E-state index contributed by atoms with van der Waals surface area (Å²) in [5.74, 6) is 0.451. The van der Waals surface area contributed by atoms with Gasteiger partial charge in [0.25, 0.3) is 5.91 Å². The second-order valence-corrected chi connectivity index (χ2v) is 6.84. The van der Waals surface area contributed by atoms with Crippen molar-refractivity contribution < 1.29 is 23.8 Å². The van der Waals surface area contributed by atoms with Crippen molar-refractivity contribution >= 4 is 45.1 Å². The Bertz CT molecular complexity index is 842. The molecule has 1 N–H and O–H groups in total. The first-order valence-corrected chi connectivity index (χ1v) is 8.97. The van der Waals surface area contributed by atoms with Gasteiger partial charge < -0.3 is 19.5 Å². The molecule has 0 spiro atoms. The number of ether oxygens (including phenoxy) is 3. The lowest BCUT2D eigenvalue weighted by Gasteiger charge is -2.08. The summed E-state index contributed by atoms with van der Waals surface area (Å²) in [6.45, 7) is -0.162. The molecular weight excluding hydrogens is 426 g/mol. The molecule has 2 aromatic carbocycles. The molecule has 0 saturated carbocycles. The summed E-state index contributed by atoms with van der Waals surface area (Å²) >= 11 is 9.31. The second-order valence-electron chi connectivity index (χ2n) is 5.52. The lowest BCUT2D eigenvalue weighted by atomic mass is 10.1. The van der Waals surface area contributed by atoms with Crippen molar-refractivity contribution in [2.24, 2.45) is 0 Å². The molecule has 1 aliphatic rings. The lowest BCUT2D eigenvalue weighted by Crippen LogP contribution is -2.21. The number of rotatable bonds is 6. The number of aryl methyl sites for hydroxylation is 1. The Morgan fingerprint density at radius 2 is 1.96 bits per heavy atom. The molecule has 3 rings (SSSR count). The van der Waals surface area contributed by atoms with E-state index >= 15 is 0 Å². The number of fused-ring (bicyclic) bond motifs is 1.